The number of carbonyl (C=O) groups excluding carboxylic acids is 1. The summed E-state index contributed by atoms with van der Waals surface area (Å²) in [5.41, 5.74) is -0.189. The lowest BCUT2D eigenvalue weighted by molar-refractivity contribution is -0.0507. The minimum absolute atomic E-state index is 0.0404. The summed E-state index contributed by atoms with van der Waals surface area (Å²) in [7, 11) is -4.84. The summed E-state index contributed by atoms with van der Waals surface area (Å²) in [6.45, 7) is -0.371. The van der Waals surface area contributed by atoms with E-state index in [1.807, 2.05) is 0 Å². The molecule has 40 heavy (non-hydrogen) atoms. The number of hydrogen-bond acceptors (Lipinski definition) is 8. The Morgan fingerprint density at radius 2 is 1.90 bits per heavy atom. The fourth-order valence-corrected chi connectivity index (χ4v) is 5.92. The molecule has 2 aliphatic heterocycles. The van der Waals surface area contributed by atoms with E-state index in [1.54, 1.807) is 4.57 Å². The van der Waals surface area contributed by atoms with Crippen LogP contribution in [0.5, 0.6) is 5.75 Å². The highest BCUT2D eigenvalue weighted by Gasteiger charge is 2.44. The highest BCUT2D eigenvalue weighted by Crippen LogP contribution is 2.50. The van der Waals surface area contributed by atoms with Crippen LogP contribution < -0.4 is 4.74 Å². The monoisotopic (exact) mass is 576 g/mol. The van der Waals surface area contributed by atoms with Crippen molar-refractivity contribution in [3.63, 3.8) is 0 Å². The van der Waals surface area contributed by atoms with Crippen molar-refractivity contribution in [3.05, 3.63) is 71.3 Å². The first-order chi connectivity index (χ1) is 18.8. The van der Waals surface area contributed by atoms with E-state index in [9.17, 15) is 18.1 Å². The van der Waals surface area contributed by atoms with E-state index < -0.39 is 44.0 Å². The molecule has 0 spiro atoms. The number of benzene rings is 2. The number of nitrogens with zero attached hydrogens (tertiary/aromatic N) is 4. The Bertz CT molecular complexity index is 1720. The third-order valence-corrected chi connectivity index (χ3v) is 7.47. The minimum atomic E-state index is -4.84. The molecule has 15 heteroatoms. The molecule has 2 N–H and O–H groups in total. The lowest BCUT2D eigenvalue weighted by Crippen LogP contribution is -2.23. The van der Waals surface area contributed by atoms with Gasteiger partial charge in [0.25, 0.3) is 0 Å². The van der Waals surface area contributed by atoms with Crippen LogP contribution in [0, 0.1) is 5.82 Å². The summed E-state index contributed by atoms with van der Waals surface area (Å²) in [6, 6.07) is 6.28. The van der Waals surface area contributed by atoms with Crippen LogP contribution in [0.25, 0.3) is 22.2 Å². The zero-order chi connectivity index (χ0) is 28.6. The summed E-state index contributed by atoms with van der Waals surface area (Å²) < 4.78 is 69.9. The molecule has 0 radical (unpaired) electrons. The first-order valence-corrected chi connectivity index (χ1v) is 13.4. The molecule has 1 unspecified atom stereocenters. The number of phosphoric acid groups is 1. The van der Waals surface area contributed by atoms with Gasteiger partial charge in [0.1, 0.15) is 17.2 Å². The number of fused-ring (bicyclic) bond motifs is 9. The van der Waals surface area contributed by atoms with Gasteiger partial charge in [-0.1, -0.05) is 6.07 Å². The van der Waals surface area contributed by atoms with Crippen LogP contribution in [-0.4, -0.2) is 41.9 Å². The van der Waals surface area contributed by atoms with Crippen molar-refractivity contribution in [1.29, 1.82) is 0 Å². The van der Waals surface area contributed by atoms with Gasteiger partial charge in [-0.3, -0.25) is 4.52 Å². The second-order valence-electron chi connectivity index (χ2n) is 9.79. The molecule has 11 nitrogen and oxygen atoms in total. The standard InChI is InChI=1S/C25H20F3N4O7P/c1-25(2,39-40(34,35)36)23-29-9-11(10-30-23)13-6-16-15(7-14(13)26)31-21-19-8-17(32(16)21)20-12(22(33)37-19)4-3-5-18(20)38-24(27)28/h3-7,9-10,17,19,24H,8H2,1-2H3,(H2,34,35,36)/t17?,19-/m0/s1. The first kappa shape index (κ1) is 26.4. The lowest BCUT2D eigenvalue weighted by Gasteiger charge is -2.23. The van der Waals surface area contributed by atoms with E-state index in [2.05, 4.69) is 15.0 Å². The number of carbonyl (C=O) groups is 1. The lowest BCUT2D eigenvalue weighted by atomic mass is 9.97. The maximum atomic E-state index is 15.3. The van der Waals surface area contributed by atoms with Crippen molar-refractivity contribution < 1.29 is 46.3 Å². The molecule has 2 aromatic heterocycles. The molecule has 4 heterocycles. The van der Waals surface area contributed by atoms with Gasteiger partial charge in [0, 0.05) is 41.6 Å². The molecular weight excluding hydrogens is 556 g/mol. The Morgan fingerprint density at radius 3 is 2.58 bits per heavy atom. The predicted octanol–water partition coefficient (Wildman–Crippen LogP) is 4.78. The van der Waals surface area contributed by atoms with Gasteiger partial charge in [0.2, 0.25) is 0 Å². The topological polar surface area (TPSA) is 146 Å². The molecule has 4 aromatic rings. The highest BCUT2D eigenvalue weighted by atomic mass is 31.2. The number of phosphoric ester groups is 1. The predicted molar refractivity (Wildman–Crippen MR) is 131 cm³/mol. The number of alkyl halides is 2. The zero-order valence-electron chi connectivity index (χ0n) is 20.8. The summed E-state index contributed by atoms with van der Waals surface area (Å²) in [6.07, 6.45) is 2.00. The average molecular weight is 576 g/mol. The van der Waals surface area contributed by atoms with Crippen molar-refractivity contribution in [2.75, 3.05) is 0 Å². The Balaban J connectivity index is 1.46. The Kier molecular flexibility index (Phi) is 6.00. The fraction of sp³-hybridized carbons (Fsp3) is 0.280. The van der Waals surface area contributed by atoms with Gasteiger partial charge in [-0.05, 0) is 32.0 Å². The van der Waals surface area contributed by atoms with Crippen LogP contribution in [0.15, 0.2) is 42.7 Å². The molecule has 2 aromatic carbocycles. The van der Waals surface area contributed by atoms with Crippen LogP contribution in [0.4, 0.5) is 13.2 Å². The van der Waals surface area contributed by atoms with Gasteiger partial charge in [-0.2, -0.15) is 8.78 Å². The molecule has 0 fully saturated rings. The van der Waals surface area contributed by atoms with E-state index in [0.717, 1.165) is 0 Å². The Labute approximate surface area is 223 Å². The van der Waals surface area contributed by atoms with E-state index in [-0.39, 0.29) is 45.8 Å². The molecule has 2 bridgehead atoms. The van der Waals surface area contributed by atoms with Gasteiger partial charge in [-0.25, -0.2) is 28.7 Å². The van der Waals surface area contributed by atoms with Gasteiger partial charge in [-0.15, -0.1) is 0 Å². The third-order valence-electron chi connectivity index (χ3n) is 6.78. The summed E-state index contributed by atoms with van der Waals surface area (Å²) >= 11 is 0. The molecule has 0 aliphatic carbocycles. The maximum absolute atomic E-state index is 15.3. The number of esters is 1. The van der Waals surface area contributed by atoms with Crippen LogP contribution in [0.2, 0.25) is 0 Å². The number of imidazole rings is 1. The van der Waals surface area contributed by atoms with Crippen molar-refractivity contribution in [3.8, 4) is 16.9 Å². The molecule has 2 aliphatic rings. The molecule has 208 valence electrons. The average Bonchev–Trinajstić information content (AvgIpc) is 3.33. The van der Waals surface area contributed by atoms with Crippen LogP contribution in [-0.2, 0) is 19.4 Å². The Hall–Kier alpha value is -3.84. The van der Waals surface area contributed by atoms with E-state index in [0.29, 0.717) is 11.3 Å². The van der Waals surface area contributed by atoms with Crippen molar-refractivity contribution in [2.45, 2.75) is 44.6 Å². The summed E-state index contributed by atoms with van der Waals surface area (Å²) in [4.78, 5) is 43.9. The van der Waals surface area contributed by atoms with Crippen LogP contribution in [0.1, 0.15) is 60.0 Å². The van der Waals surface area contributed by atoms with E-state index in [1.165, 1.54) is 56.6 Å². The Morgan fingerprint density at radius 1 is 1.18 bits per heavy atom. The van der Waals surface area contributed by atoms with Gasteiger partial charge >= 0.3 is 20.4 Å². The van der Waals surface area contributed by atoms with Crippen LogP contribution >= 0.6 is 7.82 Å². The molecule has 0 saturated carbocycles. The van der Waals surface area contributed by atoms with Gasteiger partial charge in [0.05, 0.1) is 22.6 Å². The quantitative estimate of drug-likeness (QED) is 0.243. The normalized spacial score (nSPS) is 18.4. The smallest absolute Gasteiger partial charge is 0.450 e. The maximum Gasteiger partial charge on any atom is 0.470 e. The number of rotatable bonds is 6. The van der Waals surface area contributed by atoms with Crippen molar-refractivity contribution in [1.82, 2.24) is 19.5 Å². The summed E-state index contributed by atoms with van der Waals surface area (Å²) in [5, 5.41) is 0. The first-order valence-electron chi connectivity index (χ1n) is 11.9. The molecule has 0 saturated heterocycles. The van der Waals surface area contributed by atoms with E-state index in [4.69, 9.17) is 23.8 Å². The van der Waals surface area contributed by atoms with Crippen LogP contribution in [0.3, 0.4) is 0 Å². The zero-order valence-corrected chi connectivity index (χ0v) is 21.7. The number of aromatic nitrogens is 4. The molecule has 0 amide bonds. The SMILES string of the molecule is CC(C)(OP(=O)(O)O)c1ncc(-c2cc3c(cc2F)nc2n3C3C[C@@H]2OC(=O)c2cccc(OC(F)F)c23)cn1. The third kappa shape index (κ3) is 4.42. The second kappa shape index (κ2) is 9.10. The van der Waals surface area contributed by atoms with Gasteiger partial charge < -0.3 is 23.8 Å². The molecule has 2 atom stereocenters. The fourth-order valence-electron chi connectivity index (χ4n) is 5.25. The second-order valence-corrected chi connectivity index (χ2v) is 11.0. The van der Waals surface area contributed by atoms with Crippen molar-refractivity contribution in [2.24, 2.45) is 0 Å². The molecule has 6 rings (SSSR count). The number of hydrogen-bond donors (Lipinski definition) is 2. The minimum Gasteiger partial charge on any atom is -0.450 e. The largest absolute Gasteiger partial charge is 0.470 e. The summed E-state index contributed by atoms with van der Waals surface area (Å²) in [5.74, 6) is -1.23. The highest BCUT2D eigenvalue weighted by molar-refractivity contribution is 7.46. The number of ether oxygens (including phenoxy) is 2. The van der Waals surface area contributed by atoms with Gasteiger partial charge in [0.15, 0.2) is 17.8 Å². The number of halogens is 3. The van der Waals surface area contributed by atoms with E-state index >= 15 is 4.39 Å². The van der Waals surface area contributed by atoms with Crippen molar-refractivity contribution >= 4 is 24.8 Å². The molecular formula is C25H20F3N4O7P.